The van der Waals surface area contributed by atoms with E-state index in [-0.39, 0.29) is 5.82 Å². The highest BCUT2D eigenvalue weighted by Gasteiger charge is 2.03. The highest BCUT2D eigenvalue weighted by Crippen LogP contribution is 2.02. The lowest BCUT2D eigenvalue weighted by Crippen LogP contribution is -2.32. The summed E-state index contributed by atoms with van der Waals surface area (Å²) in [6, 6.07) is 6.43. The van der Waals surface area contributed by atoms with Crippen LogP contribution in [0.5, 0.6) is 0 Å². The van der Waals surface area contributed by atoms with Gasteiger partial charge in [-0.3, -0.25) is 0 Å². The molecule has 1 aromatic rings. The van der Waals surface area contributed by atoms with Gasteiger partial charge in [0.1, 0.15) is 5.82 Å². The van der Waals surface area contributed by atoms with Crippen LogP contribution in [0.1, 0.15) is 5.56 Å². The number of nitrogens with one attached hydrogen (secondary N) is 1. The second-order valence-electron chi connectivity index (χ2n) is 4.30. The van der Waals surface area contributed by atoms with E-state index in [9.17, 15) is 9.50 Å². The summed E-state index contributed by atoms with van der Waals surface area (Å²) in [5.74, 6) is -0.222. The lowest BCUT2D eigenvalue weighted by Gasteiger charge is -2.12. The van der Waals surface area contributed by atoms with E-state index in [0.717, 1.165) is 18.5 Å². The number of ether oxygens (including phenoxy) is 2. The van der Waals surface area contributed by atoms with Gasteiger partial charge in [0.2, 0.25) is 0 Å². The van der Waals surface area contributed by atoms with Crippen LogP contribution in [0, 0.1) is 5.82 Å². The molecule has 19 heavy (non-hydrogen) atoms. The zero-order valence-electron chi connectivity index (χ0n) is 11.3. The first-order valence-corrected chi connectivity index (χ1v) is 6.42. The van der Waals surface area contributed by atoms with Gasteiger partial charge < -0.3 is 19.9 Å². The predicted octanol–water partition coefficient (Wildman–Crippen LogP) is 0.982. The van der Waals surface area contributed by atoms with Crippen LogP contribution in [0.2, 0.25) is 0 Å². The smallest absolute Gasteiger partial charge is 0.123 e. The molecule has 1 rings (SSSR count). The summed E-state index contributed by atoms with van der Waals surface area (Å²) in [6.07, 6.45) is 0.280. The van der Waals surface area contributed by atoms with Crippen molar-refractivity contribution in [3.8, 4) is 0 Å². The van der Waals surface area contributed by atoms with Gasteiger partial charge in [-0.25, -0.2) is 4.39 Å². The van der Waals surface area contributed by atoms with Crippen molar-refractivity contribution in [2.24, 2.45) is 0 Å². The molecule has 0 aromatic heterocycles. The third kappa shape index (κ3) is 7.89. The Morgan fingerprint density at radius 3 is 2.68 bits per heavy atom. The molecule has 0 heterocycles. The van der Waals surface area contributed by atoms with Crippen molar-refractivity contribution in [3.63, 3.8) is 0 Å². The summed E-state index contributed by atoms with van der Waals surface area (Å²) in [4.78, 5) is 0. The van der Waals surface area contributed by atoms with Gasteiger partial charge in [-0.2, -0.15) is 0 Å². The van der Waals surface area contributed by atoms with Crippen molar-refractivity contribution in [1.82, 2.24) is 5.32 Å². The first-order valence-electron chi connectivity index (χ1n) is 6.42. The molecule has 0 bridgehead atoms. The molecule has 0 spiro atoms. The third-order valence-corrected chi connectivity index (χ3v) is 2.63. The molecule has 0 radical (unpaired) electrons. The van der Waals surface area contributed by atoms with Gasteiger partial charge in [0, 0.05) is 13.7 Å². The van der Waals surface area contributed by atoms with Crippen molar-refractivity contribution in [2.45, 2.75) is 12.5 Å². The molecule has 5 heteroatoms. The van der Waals surface area contributed by atoms with E-state index in [1.807, 2.05) is 0 Å². The molecule has 1 unspecified atom stereocenters. The summed E-state index contributed by atoms with van der Waals surface area (Å²) in [5, 5.41) is 12.7. The Balaban J connectivity index is 2.02. The fourth-order valence-corrected chi connectivity index (χ4v) is 1.57. The van der Waals surface area contributed by atoms with Crippen LogP contribution < -0.4 is 5.32 Å². The van der Waals surface area contributed by atoms with Crippen LogP contribution >= 0.6 is 0 Å². The van der Waals surface area contributed by atoms with Gasteiger partial charge in [0.25, 0.3) is 0 Å². The predicted molar refractivity (Wildman–Crippen MR) is 71.7 cm³/mol. The molecule has 0 aliphatic heterocycles. The summed E-state index contributed by atoms with van der Waals surface area (Å²) < 4.78 is 22.7. The molecular weight excluding hydrogens is 249 g/mol. The zero-order valence-corrected chi connectivity index (χ0v) is 11.3. The number of benzene rings is 1. The van der Waals surface area contributed by atoms with Gasteiger partial charge >= 0.3 is 0 Å². The van der Waals surface area contributed by atoms with E-state index in [1.165, 1.54) is 12.1 Å². The molecule has 4 nitrogen and oxygen atoms in total. The topological polar surface area (TPSA) is 50.7 Å². The summed E-state index contributed by atoms with van der Waals surface area (Å²) in [7, 11) is 1.61. The highest BCUT2D eigenvalue weighted by molar-refractivity contribution is 5.16. The van der Waals surface area contributed by atoms with Crippen molar-refractivity contribution >= 4 is 0 Å². The van der Waals surface area contributed by atoms with Crippen LogP contribution in [0.25, 0.3) is 0 Å². The number of rotatable bonds is 10. The first kappa shape index (κ1) is 16.0. The third-order valence-electron chi connectivity index (χ3n) is 2.63. The SMILES string of the molecule is COCCOCC(O)CNCCc1ccc(F)cc1. The van der Waals surface area contributed by atoms with Gasteiger partial charge in [-0.1, -0.05) is 12.1 Å². The van der Waals surface area contributed by atoms with Gasteiger partial charge in [0.15, 0.2) is 0 Å². The second-order valence-corrected chi connectivity index (χ2v) is 4.30. The molecule has 108 valence electrons. The Bertz CT molecular complexity index is 332. The number of methoxy groups -OCH3 is 1. The van der Waals surface area contributed by atoms with Crippen LogP contribution in [0.15, 0.2) is 24.3 Å². The van der Waals surface area contributed by atoms with Crippen LogP contribution in [0.3, 0.4) is 0 Å². The Morgan fingerprint density at radius 1 is 1.26 bits per heavy atom. The first-order chi connectivity index (χ1) is 9.22. The van der Waals surface area contributed by atoms with Crippen molar-refractivity contribution in [3.05, 3.63) is 35.6 Å². The van der Waals surface area contributed by atoms with E-state index in [0.29, 0.717) is 26.4 Å². The monoisotopic (exact) mass is 271 g/mol. The zero-order chi connectivity index (χ0) is 13.9. The average Bonchev–Trinajstić information content (AvgIpc) is 2.42. The molecule has 0 fully saturated rings. The Hall–Kier alpha value is -1.01. The van der Waals surface area contributed by atoms with Crippen LogP contribution in [0.4, 0.5) is 4.39 Å². The normalized spacial score (nSPS) is 12.6. The minimum absolute atomic E-state index is 0.222. The maximum atomic E-state index is 12.7. The summed E-state index contributed by atoms with van der Waals surface area (Å²) in [5.41, 5.74) is 1.07. The quantitative estimate of drug-likeness (QED) is 0.623. The number of hydrogen-bond donors (Lipinski definition) is 2. The summed E-state index contributed by atoms with van der Waals surface area (Å²) >= 11 is 0. The van der Waals surface area contributed by atoms with Crippen molar-refractivity contribution in [1.29, 1.82) is 0 Å². The average molecular weight is 271 g/mol. The maximum Gasteiger partial charge on any atom is 0.123 e. The van der Waals surface area contributed by atoms with E-state index in [1.54, 1.807) is 19.2 Å². The highest BCUT2D eigenvalue weighted by atomic mass is 19.1. The van der Waals surface area contributed by atoms with E-state index in [2.05, 4.69) is 5.32 Å². The maximum absolute atomic E-state index is 12.7. The number of hydrogen-bond acceptors (Lipinski definition) is 4. The Labute approximate surface area is 113 Å². The van der Waals surface area contributed by atoms with Gasteiger partial charge in [-0.15, -0.1) is 0 Å². The molecular formula is C14H22FNO3. The van der Waals surface area contributed by atoms with E-state index >= 15 is 0 Å². The van der Waals surface area contributed by atoms with Gasteiger partial charge in [0.05, 0.1) is 25.9 Å². The van der Waals surface area contributed by atoms with Crippen molar-refractivity contribution in [2.75, 3.05) is 40.0 Å². The number of aliphatic hydroxyl groups is 1. The second kappa shape index (κ2) is 9.86. The molecule has 0 saturated heterocycles. The molecule has 1 atom stereocenters. The summed E-state index contributed by atoms with van der Waals surface area (Å²) in [6.45, 7) is 2.54. The van der Waals surface area contributed by atoms with Crippen LogP contribution in [-0.2, 0) is 15.9 Å². The lowest BCUT2D eigenvalue weighted by atomic mass is 10.1. The van der Waals surface area contributed by atoms with Gasteiger partial charge in [-0.05, 0) is 30.7 Å². The lowest BCUT2D eigenvalue weighted by molar-refractivity contribution is 0.0139. The van der Waals surface area contributed by atoms with Crippen LogP contribution in [-0.4, -0.2) is 51.2 Å². The van der Waals surface area contributed by atoms with E-state index < -0.39 is 6.10 Å². The molecule has 0 aliphatic rings. The largest absolute Gasteiger partial charge is 0.389 e. The van der Waals surface area contributed by atoms with E-state index in [4.69, 9.17) is 9.47 Å². The van der Waals surface area contributed by atoms with Crippen molar-refractivity contribution < 1.29 is 19.0 Å². The number of halogens is 1. The molecule has 0 aliphatic carbocycles. The minimum atomic E-state index is -0.523. The molecule has 2 N–H and O–H groups in total. The minimum Gasteiger partial charge on any atom is -0.389 e. The standard InChI is InChI=1S/C14H22FNO3/c1-18-8-9-19-11-14(17)10-16-7-6-12-2-4-13(15)5-3-12/h2-5,14,16-17H,6-11H2,1H3. The fourth-order valence-electron chi connectivity index (χ4n) is 1.57. The number of aliphatic hydroxyl groups excluding tert-OH is 1. The Morgan fingerprint density at radius 2 is 2.00 bits per heavy atom. The molecule has 0 saturated carbocycles. The Kier molecular flexibility index (Phi) is 8.33. The molecule has 1 aromatic carbocycles. The molecule has 0 amide bonds. The fraction of sp³-hybridized carbons (Fsp3) is 0.571.